The molecule has 3 fully saturated rings. The zero-order valence-corrected chi connectivity index (χ0v) is 14.7. The van der Waals surface area contributed by atoms with Crippen LogP contribution in [0.15, 0.2) is 24.3 Å². The number of likely N-dealkylation sites (tertiary alicyclic amines) is 1. The topological polar surface area (TPSA) is 58.6 Å². The molecule has 1 aromatic rings. The van der Waals surface area contributed by atoms with Gasteiger partial charge in [0.15, 0.2) is 0 Å². The molecule has 5 heteroatoms. The first-order valence-corrected chi connectivity index (χ1v) is 9.40. The number of amides is 2. The molecule has 1 N–H and O–H groups in total. The Bertz CT molecular complexity index is 667. The van der Waals surface area contributed by atoms with Crippen molar-refractivity contribution in [2.24, 2.45) is 11.8 Å². The molecule has 0 unspecified atom stereocenters. The Hall–Kier alpha value is -1.88. The molecule has 3 aliphatic rings. The van der Waals surface area contributed by atoms with Gasteiger partial charge in [0.2, 0.25) is 5.91 Å². The van der Waals surface area contributed by atoms with Gasteiger partial charge in [0, 0.05) is 43.1 Å². The minimum atomic E-state index is 0.0299. The number of carbonyl (C=O) groups is 2. The summed E-state index contributed by atoms with van der Waals surface area (Å²) in [6.07, 6.45) is 3.90. The number of nitrogens with zero attached hydrogens (tertiary/aromatic N) is 1. The smallest absolute Gasteiger partial charge is 0.254 e. The molecular weight excluding hydrogens is 316 g/mol. The number of aryl methyl sites for hydroxylation is 1. The average Bonchev–Trinajstić information content (AvgIpc) is 3.00. The molecule has 0 radical (unpaired) electrons. The highest BCUT2D eigenvalue weighted by atomic mass is 16.5. The number of rotatable bonds is 3. The molecule has 2 amide bonds. The molecule has 0 bridgehead atoms. The Morgan fingerprint density at radius 2 is 1.92 bits per heavy atom. The van der Waals surface area contributed by atoms with Crippen molar-refractivity contribution >= 4 is 11.8 Å². The maximum atomic E-state index is 12.7. The lowest BCUT2D eigenvalue weighted by Crippen LogP contribution is -2.55. The first-order valence-electron chi connectivity index (χ1n) is 9.40. The van der Waals surface area contributed by atoms with Crippen LogP contribution in [0.4, 0.5) is 0 Å². The molecule has 2 heterocycles. The summed E-state index contributed by atoms with van der Waals surface area (Å²) in [5, 5.41) is 3.22. The van der Waals surface area contributed by atoms with E-state index in [1.165, 1.54) is 0 Å². The lowest BCUT2D eigenvalue weighted by atomic mass is 9.76. The number of piperidine rings is 1. The van der Waals surface area contributed by atoms with E-state index in [4.69, 9.17) is 4.74 Å². The third-order valence-corrected chi connectivity index (χ3v) is 6.12. The van der Waals surface area contributed by atoms with Crippen molar-refractivity contribution < 1.29 is 14.3 Å². The quantitative estimate of drug-likeness (QED) is 0.916. The van der Waals surface area contributed by atoms with Crippen LogP contribution in [0.3, 0.4) is 0 Å². The van der Waals surface area contributed by atoms with Gasteiger partial charge in [-0.1, -0.05) is 18.2 Å². The van der Waals surface area contributed by atoms with Crippen molar-refractivity contribution in [1.29, 1.82) is 0 Å². The van der Waals surface area contributed by atoms with E-state index in [9.17, 15) is 9.59 Å². The maximum absolute atomic E-state index is 12.7. The number of hydrogen-bond donors (Lipinski definition) is 1. The Labute approximate surface area is 148 Å². The first kappa shape index (κ1) is 16.6. The summed E-state index contributed by atoms with van der Waals surface area (Å²) in [5.74, 6) is 0.800. The van der Waals surface area contributed by atoms with Crippen molar-refractivity contribution in [1.82, 2.24) is 10.2 Å². The molecule has 1 aromatic carbocycles. The Balaban J connectivity index is 1.29. The zero-order chi connectivity index (χ0) is 17.4. The fourth-order valence-electron chi connectivity index (χ4n) is 4.39. The largest absolute Gasteiger partial charge is 0.378 e. The van der Waals surface area contributed by atoms with Crippen LogP contribution in [0.2, 0.25) is 0 Å². The summed E-state index contributed by atoms with van der Waals surface area (Å²) in [5.41, 5.74) is 1.78. The summed E-state index contributed by atoms with van der Waals surface area (Å²) in [6.45, 7) is 4.11. The molecule has 4 rings (SSSR count). The van der Waals surface area contributed by atoms with Crippen LogP contribution in [0, 0.1) is 18.8 Å². The molecule has 1 saturated carbocycles. The summed E-state index contributed by atoms with van der Waals surface area (Å²) in [6, 6.07) is 7.99. The molecule has 2 aliphatic heterocycles. The van der Waals surface area contributed by atoms with Crippen molar-refractivity contribution in [3.8, 4) is 0 Å². The van der Waals surface area contributed by atoms with Gasteiger partial charge in [0.1, 0.15) is 0 Å². The number of nitrogens with one attached hydrogen (secondary N) is 1. The zero-order valence-electron chi connectivity index (χ0n) is 14.7. The second-order valence-corrected chi connectivity index (χ2v) is 7.59. The highest BCUT2D eigenvalue weighted by Crippen LogP contribution is 2.38. The standard InChI is InChI=1S/C20H26N2O3/c1-13-4-2-3-5-15(13)20(24)22-9-6-14(7-10-22)19(23)21-17-12-18-16(17)8-11-25-18/h2-5,14,16-18H,6-12H2,1H3,(H,21,23)/t16-,17+,18+/m1/s1. The van der Waals surface area contributed by atoms with Crippen molar-refractivity contribution in [2.75, 3.05) is 19.7 Å². The lowest BCUT2D eigenvalue weighted by molar-refractivity contribution is -0.129. The maximum Gasteiger partial charge on any atom is 0.254 e. The third kappa shape index (κ3) is 3.17. The number of benzene rings is 1. The summed E-state index contributed by atoms with van der Waals surface area (Å²) >= 11 is 0. The van der Waals surface area contributed by atoms with Gasteiger partial charge in [0.25, 0.3) is 5.91 Å². The van der Waals surface area contributed by atoms with Gasteiger partial charge in [-0.2, -0.15) is 0 Å². The van der Waals surface area contributed by atoms with Gasteiger partial charge in [-0.3, -0.25) is 9.59 Å². The van der Waals surface area contributed by atoms with Gasteiger partial charge in [-0.15, -0.1) is 0 Å². The second-order valence-electron chi connectivity index (χ2n) is 7.59. The van der Waals surface area contributed by atoms with Gasteiger partial charge in [-0.25, -0.2) is 0 Å². The molecule has 25 heavy (non-hydrogen) atoms. The normalized spacial score (nSPS) is 29.0. The third-order valence-electron chi connectivity index (χ3n) is 6.12. The van der Waals surface area contributed by atoms with E-state index < -0.39 is 0 Å². The predicted molar refractivity (Wildman–Crippen MR) is 94.2 cm³/mol. The van der Waals surface area contributed by atoms with Gasteiger partial charge >= 0.3 is 0 Å². The van der Waals surface area contributed by atoms with Crippen molar-refractivity contribution in [3.63, 3.8) is 0 Å². The van der Waals surface area contributed by atoms with Gasteiger partial charge < -0.3 is 15.0 Å². The molecule has 0 spiro atoms. The minimum Gasteiger partial charge on any atom is -0.378 e. The minimum absolute atomic E-state index is 0.0299. The number of ether oxygens (including phenoxy) is 1. The fraction of sp³-hybridized carbons (Fsp3) is 0.600. The van der Waals surface area contributed by atoms with Crippen LogP contribution in [-0.4, -0.2) is 48.6 Å². The van der Waals surface area contributed by atoms with E-state index >= 15 is 0 Å². The van der Waals surface area contributed by atoms with Crippen LogP contribution < -0.4 is 5.32 Å². The number of hydrogen-bond acceptors (Lipinski definition) is 3. The summed E-state index contributed by atoms with van der Waals surface area (Å²) in [4.78, 5) is 27.1. The molecule has 3 atom stereocenters. The van der Waals surface area contributed by atoms with E-state index in [0.29, 0.717) is 31.2 Å². The second kappa shape index (κ2) is 6.79. The van der Waals surface area contributed by atoms with Crippen molar-refractivity contribution in [3.05, 3.63) is 35.4 Å². The molecule has 1 aliphatic carbocycles. The Kier molecular flexibility index (Phi) is 4.50. The van der Waals surface area contributed by atoms with E-state index in [-0.39, 0.29) is 17.7 Å². The van der Waals surface area contributed by atoms with Crippen LogP contribution in [0.5, 0.6) is 0 Å². The van der Waals surface area contributed by atoms with Gasteiger partial charge in [0.05, 0.1) is 6.10 Å². The molecule has 5 nitrogen and oxygen atoms in total. The van der Waals surface area contributed by atoms with E-state index in [0.717, 1.165) is 43.4 Å². The molecule has 2 saturated heterocycles. The Morgan fingerprint density at radius 3 is 2.64 bits per heavy atom. The van der Waals surface area contributed by atoms with E-state index in [1.807, 2.05) is 36.1 Å². The monoisotopic (exact) mass is 342 g/mol. The highest BCUT2D eigenvalue weighted by molar-refractivity contribution is 5.95. The summed E-state index contributed by atoms with van der Waals surface area (Å²) in [7, 11) is 0. The summed E-state index contributed by atoms with van der Waals surface area (Å²) < 4.78 is 5.61. The van der Waals surface area contributed by atoms with Crippen LogP contribution in [0.1, 0.15) is 41.6 Å². The fourth-order valence-corrected chi connectivity index (χ4v) is 4.39. The Morgan fingerprint density at radius 1 is 1.16 bits per heavy atom. The SMILES string of the molecule is Cc1ccccc1C(=O)N1CCC(C(=O)N[C@H]2C[C@@H]3OCC[C@H]23)CC1. The molecular formula is C20H26N2O3. The molecule has 0 aromatic heterocycles. The number of fused-ring (bicyclic) bond motifs is 1. The number of carbonyl (C=O) groups excluding carboxylic acids is 2. The van der Waals surface area contributed by atoms with Crippen LogP contribution in [-0.2, 0) is 9.53 Å². The highest BCUT2D eigenvalue weighted by Gasteiger charge is 2.46. The first-order chi connectivity index (χ1) is 12.1. The molecule has 134 valence electrons. The van der Waals surface area contributed by atoms with E-state index in [2.05, 4.69) is 5.32 Å². The van der Waals surface area contributed by atoms with Crippen molar-refractivity contribution in [2.45, 2.75) is 44.8 Å². The van der Waals surface area contributed by atoms with Crippen LogP contribution in [0.25, 0.3) is 0 Å². The van der Waals surface area contributed by atoms with Gasteiger partial charge in [-0.05, 0) is 44.2 Å². The lowest BCUT2D eigenvalue weighted by Gasteiger charge is -2.40. The van der Waals surface area contributed by atoms with E-state index in [1.54, 1.807) is 0 Å². The predicted octanol–water partition coefficient (Wildman–Crippen LogP) is 2.14. The average molecular weight is 342 g/mol. The van der Waals surface area contributed by atoms with Crippen LogP contribution >= 0.6 is 0 Å².